The van der Waals surface area contributed by atoms with Crippen molar-refractivity contribution in [3.63, 3.8) is 0 Å². The van der Waals surface area contributed by atoms with E-state index in [9.17, 15) is 4.79 Å². The first-order valence-electron chi connectivity index (χ1n) is 11.8. The minimum absolute atomic E-state index is 0.126. The van der Waals surface area contributed by atoms with Gasteiger partial charge in [-0.2, -0.15) is 0 Å². The lowest BCUT2D eigenvalue weighted by molar-refractivity contribution is -0.115. The van der Waals surface area contributed by atoms with Crippen molar-refractivity contribution in [3.05, 3.63) is 103 Å². The zero-order valence-corrected chi connectivity index (χ0v) is 20.1. The highest BCUT2D eigenvalue weighted by molar-refractivity contribution is 5.92. The summed E-state index contributed by atoms with van der Waals surface area (Å²) in [5.41, 5.74) is 11.1. The van der Waals surface area contributed by atoms with Gasteiger partial charge in [0.15, 0.2) is 0 Å². The van der Waals surface area contributed by atoms with Crippen LogP contribution in [0.3, 0.4) is 0 Å². The van der Waals surface area contributed by atoms with Crippen LogP contribution < -0.4 is 21.3 Å². The second-order valence-corrected chi connectivity index (χ2v) is 8.24. The second-order valence-electron chi connectivity index (χ2n) is 8.24. The van der Waals surface area contributed by atoms with Crippen LogP contribution in [0.15, 0.2) is 96.4 Å². The van der Waals surface area contributed by atoms with Crippen LogP contribution >= 0.6 is 0 Å². The van der Waals surface area contributed by atoms with Gasteiger partial charge in [0.1, 0.15) is 5.82 Å². The summed E-state index contributed by atoms with van der Waals surface area (Å²) in [6, 6.07) is 21.0. The van der Waals surface area contributed by atoms with E-state index in [-0.39, 0.29) is 12.3 Å². The summed E-state index contributed by atoms with van der Waals surface area (Å²) in [6.07, 6.45) is 5.21. The van der Waals surface area contributed by atoms with Gasteiger partial charge in [-0.25, -0.2) is 4.99 Å². The van der Waals surface area contributed by atoms with Crippen LogP contribution in [-0.4, -0.2) is 43.4 Å². The monoisotopic (exact) mass is 482 g/mol. The molecule has 1 fully saturated rings. The van der Waals surface area contributed by atoms with Gasteiger partial charge in [-0.3, -0.25) is 9.78 Å². The van der Waals surface area contributed by atoms with Crippen molar-refractivity contribution in [2.75, 3.05) is 41.8 Å². The van der Waals surface area contributed by atoms with Gasteiger partial charge in [-0.05, 0) is 60.2 Å². The average Bonchev–Trinajstić information content (AvgIpc) is 2.90. The van der Waals surface area contributed by atoms with Crippen molar-refractivity contribution in [2.45, 2.75) is 6.42 Å². The largest absolute Gasteiger partial charge is 0.398 e. The van der Waals surface area contributed by atoms with Crippen molar-refractivity contribution in [2.24, 2.45) is 10.7 Å². The summed E-state index contributed by atoms with van der Waals surface area (Å²) < 4.78 is 5.41. The quantitative estimate of drug-likeness (QED) is 0.398. The van der Waals surface area contributed by atoms with E-state index < -0.39 is 0 Å². The van der Waals surface area contributed by atoms with Crippen LogP contribution in [0.2, 0.25) is 0 Å². The van der Waals surface area contributed by atoms with Crippen molar-refractivity contribution in [3.8, 4) is 0 Å². The SMILES string of the molecule is C=C(/N=C\C=C(/N)c1ccc(NC(=O)Cc2ccccn2)cc1)Nc1ccc(N2CCOCC2)cc1. The maximum atomic E-state index is 12.2. The predicted molar refractivity (Wildman–Crippen MR) is 146 cm³/mol. The van der Waals surface area contributed by atoms with Crippen LogP contribution in [0, 0.1) is 0 Å². The van der Waals surface area contributed by atoms with Gasteiger partial charge in [0, 0.05) is 54.0 Å². The van der Waals surface area contributed by atoms with Crippen LogP contribution in [0.4, 0.5) is 17.1 Å². The number of rotatable bonds is 9. The minimum Gasteiger partial charge on any atom is -0.398 e. The molecule has 0 aliphatic carbocycles. The Morgan fingerprint density at radius 2 is 1.72 bits per heavy atom. The number of morpholine rings is 1. The Labute approximate surface area is 211 Å². The molecule has 2 heterocycles. The van der Waals surface area contributed by atoms with Gasteiger partial charge in [0.05, 0.1) is 19.6 Å². The number of hydrogen-bond donors (Lipinski definition) is 3. The van der Waals surface area contributed by atoms with Gasteiger partial charge < -0.3 is 26.0 Å². The first-order chi connectivity index (χ1) is 17.6. The Bertz CT molecular complexity index is 1220. The third-order valence-electron chi connectivity index (χ3n) is 5.59. The number of aliphatic imine (C=N–C) groups is 1. The number of pyridine rings is 1. The van der Waals surface area contributed by atoms with Crippen molar-refractivity contribution < 1.29 is 9.53 Å². The van der Waals surface area contributed by atoms with E-state index in [1.165, 1.54) is 5.69 Å². The van der Waals surface area contributed by atoms with E-state index in [1.54, 1.807) is 18.5 Å². The molecule has 1 saturated heterocycles. The Balaban J connectivity index is 1.26. The number of benzene rings is 2. The number of nitrogens with zero attached hydrogens (tertiary/aromatic N) is 3. The number of allylic oxidation sites excluding steroid dienone is 1. The highest BCUT2D eigenvalue weighted by Crippen LogP contribution is 2.20. The fourth-order valence-electron chi connectivity index (χ4n) is 3.70. The lowest BCUT2D eigenvalue weighted by Gasteiger charge is -2.28. The number of carbonyl (C=O) groups excluding carboxylic acids is 1. The Morgan fingerprint density at radius 1 is 1.03 bits per heavy atom. The predicted octanol–water partition coefficient (Wildman–Crippen LogP) is 4.05. The summed E-state index contributed by atoms with van der Waals surface area (Å²) in [7, 11) is 0. The second kappa shape index (κ2) is 12.3. The normalized spacial score (nSPS) is 14.0. The lowest BCUT2D eigenvalue weighted by atomic mass is 10.1. The molecule has 0 spiro atoms. The summed E-state index contributed by atoms with van der Waals surface area (Å²) >= 11 is 0. The van der Waals surface area contributed by atoms with Crippen molar-refractivity contribution in [1.29, 1.82) is 0 Å². The maximum Gasteiger partial charge on any atom is 0.230 e. The van der Waals surface area contributed by atoms with E-state index in [2.05, 4.69) is 44.2 Å². The van der Waals surface area contributed by atoms with E-state index in [4.69, 9.17) is 10.5 Å². The van der Waals surface area contributed by atoms with Gasteiger partial charge >= 0.3 is 0 Å². The number of carbonyl (C=O) groups is 1. The molecule has 0 radical (unpaired) electrons. The number of nitrogens with one attached hydrogen (secondary N) is 2. The van der Waals surface area contributed by atoms with E-state index in [0.717, 1.165) is 43.2 Å². The number of amides is 1. The number of hydrogen-bond acceptors (Lipinski definition) is 7. The molecule has 0 saturated carbocycles. The molecule has 1 aromatic heterocycles. The minimum atomic E-state index is -0.126. The molecule has 1 aliphatic heterocycles. The fourth-order valence-corrected chi connectivity index (χ4v) is 3.70. The van der Waals surface area contributed by atoms with E-state index in [0.29, 0.717) is 17.2 Å². The molecular weight excluding hydrogens is 452 g/mol. The van der Waals surface area contributed by atoms with Gasteiger partial charge in [0.2, 0.25) is 5.91 Å². The highest BCUT2D eigenvalue weighted by atomic mass is 16.5. The summed E-state index contributed by atoms with van der Waals surface area (Å²) in [5, 5.41) is 6.04. The van der Waals surface area contributed by atoms with Gasteiger partial charge in [0.25, 0.3) is 0 Å². The lowest BCUT2D eigenvalue weighted by Crippen LogP contribution is -2.36. The Kier molecular flexibility index (Phi) is 8.45. The molecule has 0 bridgehead atoms. The Hall–Kier alpha value is -4.43. The molecule has 4 N–H and O–H groups in total. The molecule has 2 aromatic carbocycles. The highest BCUT2D eigenvalue weighted by Gasteiger charge is 2.10. The van der Waals surface area contributed by atoms with Crippen LogP contribution in [0.25, 0.3) is 5.70 Å². The molecule has 1 aliphatic rings. The molecule has 3 aromatic rings. The number of anilines is 3. The molecule has 8 heteroatoms. The van der Waals surface area contributed by atoms with Crippen LogP contribution in [0.5, 0.6) is 0 Å². The first kappa shape index (κ1) is 24.7. The van der Waals surface area contributed by atoms with Crippen LogP contribution in [0.1, 0.15) is 11.3 Å². The average molecular weight is 483 g/mol. The van der Waals surface area contributed by atoms with Gasteiger partial charge in [-0.15, -0.1) is 0 Å². The molecule has 0 unspecified atom stereocenters. The topological polar surface area (TPSA) is 105 Å². The fraction of sp³-hybridized carbons (Fsp3) is 0.179. The van der Waals surface area contributed by atoms with E-state index >= 15 is 0 Å². The molecule has 184 valence electrons. The third-order valence-corrected chi connectivity index (χ3v) is 5.59. The summed E-state index contributed by atoms with van der Waals surface area (Å²) in [5.74, 6) is 0.378. The summed E-state index contributed by atoms with van der Waals surface area (Å²) in [4.78, 5) is 23.0. The molecule has 1 amide bonds. The maximum absolute atomic E-state index is 12.2. The standard InChI is InChI=1S/C28H30N6O2/c1-21(32-23-9-11-26(12-10-23)34-16-18-36-19-17-34)30-15-13-27(29)22-5-7-24(8-6-22)33-28(35)20-25-4-2-3-14-31-25/h2-15,32H,1,16-20,29H2,(H,33,35)/b27-13-,30-15-. The zero-order chi connectivity index (χ0) is 25.2. The van der Waals surface area contributed by atoms with Crippen molar-refractivity contribution in [1.82, 2.24) is 4.98 Å². The smallest absolute Gasteiger partial charge is 0.230 e. The van der Waals surface area contributed by atoms with Gasteiger partial charge in [-0.1, -0.05) is 24.8 Å². The molecular formula is C28H30N6O2. The number of ether oxygens (including phenoxy) is 1. The third kappa shape index (κ3) is 7.28. The number of nitrogens with two attached hydrogens (primary N) is 1. The molecule has 8 nitrogen and oxygen atoms in total. The van der Waals surface area contributed by atoms with Crippen molar-refractivity contribution >= 4 is 34.9 Å². The Morgan fingerprint density at radius 3 is 2.42 bits per heavy atom. The molecule has 36 heavy (non-hydrogen) atoms. The van der Waals surface area contributed by atoms with E-state index in [1.807, 2.05) is 54.6 Å². The molecule has 0 atom stereocenters. The first-order valence-corrected chi connectivity index (χ1v) is 11.8. The zero-order valence-electron chi connectivity index (χ0n) is 20.1. The number of aromatic nitrogens is 1. The summed E-state index contributed by atoms with van der Waals surface area (Å²) in [6.45, 7) is 7.28. The molecule has 4 rings (SSSR count). The van der Waals surface area contributed by atoms with Crippen LogP contribution in [-0.2, 0) is 16.0 Å².